The molecule has 0 saturated carbocycles. The number of hydrogen-bond donors (Lipinski definition) is 0. The molecule has 1 saturated heterocycles. The summed E-state index contributed by atoms with van der Waals surface area (Å²) in [5.41, 5.74) is 1.03. The van der Waals surface area contributed by atoms with Crippen LogP contribution >= 0.6 is 11.8 Å². The average molecular weight is 331 g/mol. The number of benzene rings is 1. The second-order valence-corrected chi connectivity index (χ2v) is 6.64. The fraction of sp³-hybridized carbons (Fsp3) is 0.294. The molecule has 0 atom stereocenters. The van der Waals surface area contributed by atoms with E-state index in [0.717, 1.165) is 22.2 Å². The Hall–Kier alpha value is -2.21. The van der Waals surface area contributed by atoms with Gasteiger partial charge in [0.15, 0.2) is 0 Å². The van der Waals surface area contributed by atoms with Crippen LogP contribution in [0.2, 0.25) is 0 Å². The first-order valence-electron chi connectivity index (χ1n) is 7.34. The molecule has 3 rings (SSSR count). The zero-order valence-electron chi connectivity index (χ0n) is 13.2. The Morgan fingerprint density at radius 1 is 1.13 bits per heavy atom. The standard InChI is InChI=1S/C17H17NO4S/c1-4-18-12-7-5-6-8-13(12)23-14(18)10-9-11-15(19)21-17(2,3)22-16(11)20/h5-10H,4H2,1-3H3/b14-10+. The monoisotopic (exact) mass is 331 g/mol. The van der Waals surface area contributed by atoms with Crippen LogP contribution in [0.3, 0.4) is 0 Å². The third kappa shape index (κ3) is 2.99. The van der Waals surface area contributed by atoms with Crippen LogP contribution in [0.4, 0.5) is 5.69 Å². The van der Waals surface area contributed by atoms with Crippen molar-refractivity contribution in [2.75, 3.05) is 11.4 Å². The summed E-state index contributed by atoms with van der Waals surface area (Å²) in [5, 5.41) is 0.951. The maximum Gasteiger partial charge on any atom is 0.348 e. The average Bonchev–Trinajstić information content (AvgIpc) is 2.82. The van der Waals surface area contributed by atoms with Crippen LogP contribution in [0, 0.1) is 0 Å². The molecule has 2 aliphatic rings. The number of allylic oxidation sites excluding steroid dienone is 2. The molecule has 2 heterocycles. The molecule has 1 aromatic carbocycles. The highest BCUT2D eigenvalue weighted by atomic mass is 32.2. The van der Waals surface area contributed by atoms with E-state index >= 15 is 0 Å². The van der Waals surface area contributed by atoms with Crippen LogP contribution in [0.1, 0.15) is 20.8 Å². The molecular weight excluding hydrogens is 314 g/mol. The van der Waals surface area contributed by atoms with Crippen molar-refractivity contribution in [2.45, 2.75) is 31.5 Å². The van der Waals surface area contributed by atoms with Gasteiger partial charge in [-0.2, -0.15) is 0 Å². The van der Waals surface area contributed by atoms with Crippen molar-refractivity contribution in [3.63, 3.8) is 0 Å². The van der Waals surface area contributed by atoms with Crippen molar-refractivity contribution in [3.05, 3.63) is 47.0 Å². The van der Waals surface area contributed by atoms with E-state index in [9.17, 15) is 9.59 Å². The van der Waals surface area contributed by atoms with Gasteiger partial charge in [-0.3, -0.25) is 0 Å². The van der Waals surface area contributed by atoms with E-state index in [0.29, 0.717) is 0 Å². The number of para-hydroxylation sites is 1. The molecule has 5 nitrogen and oxygen atoms in total. The third-order valence-corrected chi connectivity index (χ3v) is 4.59. The lowest BCUT2D eigenvalue weighted by Gasteiger charge is -2.29. The molecule has 0 bridgehead atoms. The maximum atomic E-state index is 12.0. The minimum atomic E-state index is -1.22. The molecule has 23 heavy (non-hydrogen) atoms. The number of anilines is 1. The molecular formula is C17H17NO4S. The number of carbonyl (C=O) groups is 2. The summed E-state index contributed by atoms with van der Waals surface area (Å²) in [4.78, 5) is 27.2. The second kappa shape index (κ2) is 5.77. The van der Waals surface area contributed by atoms with Crippen LogP contribution in [-0.4, -0.2) is 24.3 Å². The SMILES string of the molecule is CCN1/C(=C\C=C2C(=O)OC(C)(C)OC2=O)Sc2ccccc21. The number of hydrogen-bond acceptors (Lipinski definition) is 6. The van der Waals surface area contributed by atoms with E-state index in [1.54, 1.807) is 17.8 Å². The predicted octanol–water partition coefficient (Wildman–Crippen LogP) is 3.22. The molecule has 2 aliphatic heterocycles. The number of esters is 2. The molecule has 0 radical (unpaired) electrons. The highest BCUT2D eigenvalue weighted by Gasteiger charge is 2.38. The summed E-state index contributed by atoms with van der Waals surface area (Å²) in [5.74, 6) is -2.54. The quantitative estimate of drug-likeness (QED) is 0.471. The fourth-order valence-electron chi connectivity index (χ4n) is 2.45. The first-order chi connectivity index (χ1) is 10.9. The number of cyclic esters (lactones) is 2. The van der Waals surface area contributed by atoms with Crippen molar-refractivity contribution >= 4 is 29.4 Å². The van der Waals surface area contributed by atoms with Crippen LogP contribution in [0.5, 0.6) is 0 Å². The molecule has 6 heteroatoms. The molecule has 0 amide bonds. The van der Waals surface area contributed by atoms with Gasteiger partial charge in [0, 0.05) is 25.3 Å². The van der Waals surface area contributed by atoms with Gasteiger partial charge >= 0.3 is 11.9 Å². The molecule has 0 aromatic heterocycles. The van der Waals surface area contributed by atoms with E-state index < -0.39 is 17.7 Å². The molecule has 0 unspecified atom stereocenters. The largest absolute Gasteiger partial charge is 0.419 e. The smallest absolute Gasteiger partial charge is 0.348 e. The lowest BCUT2D eigenvalue weighted by atomic mass is 10.2. The summed E-state index contributed by atoms with van der Waals surface area (Å²) in [6.07, 6.45) is 3.22. The van der Waals surface area contributed by atoms with Crippen molar-refractivity contribution in [1.82, 2.24) is 0 Å². The number of carbonyl (C=O) groups excluding carboxylic acids is 2. The minimum absolute atomic E-state index is 0.0931. The zero-order valence-corrected chi connectivity index (χ0v) is 14.0. The van der Waals surface area contributed by atoms with Crippen molar-refractivity contribution in [2.24, 2.45) is 0 Å². The van der Waals surface area contributed by atoms with Gasteiger partial charge in [-0.25, -0.2) is 9.59 Å². The fourth-order valence-corrected chi connectivity index (χ4v) is 3.58. The van der Waals surface area contributed by atoms with E-state index in [1.165, 1.54) is 19.9 Å². The van der Waals surface area contributed by atoms with E-state index in [1.807, 2.05) is 24.3 Å². The molecule has 120 valence electrons. The molecule has 1 fully saturated rings. The number of fused-ring (bicyclic) bond motifs is 1. The normalized spacial score (nSPS) is 21.1. The van der Waals surface area contributed by atoms with Gasteiger partial charge in [-0.1, -0.05) is 23.9 Å². The van der Waals surface area contributed by atoms with Gasteiger partial charge < -0.3 is 14.4 Å². The maximum absolute atomic E-state index is 12.0. The van der Waals surface area contributed by atoms with Crippen LogP contribution < -0.4 is 4.90 Å². The highest BCUT2D eigenvalue weighted by molar-refractivity contribution is 8.03. The van der Waals surface area contributed by atoms with Crippen LogP contribution in [0.15, 0.2) is 51.9 Å². The summed E-state index contributed by atoms with van der Waals surface area (Å²) in [6.45, 7) is 5.90. The molecule has 0 N–H and O–H groups in total. The Morgan fingerprint density at radius 2 is 1.78 bits per heavy atom. The topological polar surface area (TPSA) is 55.8 Å². The van der Waals surface area contributed by atoms with Crippen LogP contribution in [0.25, 0.3) is 0 Å². The van der Waals surface area contributed by atoms with Crippen LogP contribution in [-0.2, 0) is 19.1 Å². The van der Waals surface area contributed by atoms with Crippen molar-refractivity contribution in [3.8, 4) is 0 Å². The van der Waals surface area contributed by atoms with Gasteiger partial charge in [0.2, 0.25) is 0 Å². The van der Waals surface area contributed by atoms with Gasteiger partial charge in [0.25, 0.3) is 5.79 Å². The molecule has 0 aliphatic carbocycles. The van der Waals surface area contributed by atoms with E-state index in [-0.39, 0.29) is 5.57 Å². The molecule has 1 aromatic rings. The Bertz CT molecular complexity index is 714. The Labute approximate surface area is 138 Å². The zero-order chi connectivity index (χ0) is 16.6. The summed E-state index contributed by atoms with van der Waals surface area (Å²) >= 11 is 1.60. The summed E-state index contributed by atoms with van der Waals surface area (Å²) in [7, 11) is 0. The Morgan fingerprint density at radius 3 is 2.43 bits per heavy atom. The first kappa shape index (κ1) is 15.7. The number of ether oxygens (including phenoxy) is 2. The lowest BCUT2D eigenvalue weighted by Crippen LogP contribution is -2.41. The van der Waals surface area contributed by atoms with Gasteiger partial charge in [-0.15, -0.1) is 0 Å². The highest BCUT2D eigenvalue weighted by Crippen LogP contribution is 2.45. The Balaban J connectivity index is 1.88. The van der Waals surface area contributed by atoms with E-state index in [4.69, 9.17) is 9.47 Å². The lowest BCUT2D eigenvalue weighted by molar-refractivity contribution is -0.222. The second-order valence-electron chi connectivity index (χ2n) is 5.58. The molecule has 0 spiro atoms. The van der Waals surface area contributed by atoms with Gasteiger partial charge in [0.1, 0.15) is 5.57 Å². The number of rotatable bonds is 2. The Kier molecular flexibility index (Phi) is 3.93. The third-order valence-electron chi connectivity index (χ3n) is 3.46. The summed E-state index contributed by atoms with van der Waals surface area (Å²) in [6, 6.07) is 8.06. The van der Waals surface area contributed by atoms with Gasteiger partial charge in [0.05, 0.1) is 10.7 Å². The van der Waals surface area contributed by atoms with Crippen molar-refractivity contribution < 1.29 is 19.1 Å². The summed E-state index contributed by atoms with van der Waals surface area (Å²) < 4.78 is 10.2. The van der Waals surface area contributed by atoms with Crippen molar-refractivity contribution in [1.29, 1.82) is 0 Å². The number of nitrogens with zero attached hydrogens (tertiary/aromatic N) is 1. The van der Waals surface area contributed by atoms with E-state index in [2.05, 4.69) is 11.8 Å². The first-order valence-corrected chi connectivity index (χ1v) is 8.16. The van der Waals surface area contributed by atoms with Gasteiger partial charge in [-0.05, 0) is 31.2 Å². The predicted molar refractivity (Wildman–Crippen MR) is 87.7 cm³/mol. The minimum Gasteiger partial charge on any atom is -0.419 e. The number of thioether (sulfide) groups is 1.